The molecule has 0 saturated heterocycles. The first kappa shape index (κ1) is 12.8. The number of halogens is 1. The Kier molecular flexibility index (Phi) is 4.14. The van der Waals surface area contributed by atoms with Crippen LogP contribution in [0, 0.1) is 17.0 Å². The molecule has 6 heteroatoms. The number of hydrogen-bond donors (Lipinski definition) is 0. The molecule has 4 nitrogen and oxygen atoms in total. The Balaban J connectivity index is 0.00000128. The van der Waals surface area contributed by atoms with Crippen LogP contribution in [0.5, 0.6) is 0 Å². The number of aromatic nitrogens is 1. The predicted octanol–water partition coefficient (Wildman–Crippen LogP) is 3.60. The second-order valence-electron chi connectivity index (χ2n) is 3.06. The predicted molar refractivity (Wildman–Crippen MR) is 69.3 cm³/mol. The molecule has 0 spiro atoms. The summed E-state index contributed by atoms with van der Waals surface area (Å²) in [5, 5.41) is 13.4. The minimum atomic E-state index is -0.400. The van der Waals surface area contributed by atoms with Gasteiger partial charge in [-0.05, 0) is 6.92 Å². The topological polar surface area (TPSA) is 56.0 Å². The maximum atomic E-state index is 10.6. The Hall–Kier alpha value is -1.27. The normalized spacial score (nSPS) is 9.56. The van der Waals surface area contributed by atoms with Gasteiger partial charge in [-0.15, -0.1) is 28.3 Å². The zero-order valence-electron chi connectivity index (χ0n) is 8.41. The third-order valence-electron chi connectivity index (χ3n) is 1.97. The van der Waals surface area contributed by atoms with Crippen molar-refractivity contribution < 1.29 is 4.92 Å². The second kappa shape index (κ2) is 5.18. The molecule has 84 valence electrons. The van der Waals surface area contributed by atoms with E-state index in [4.69, 9.17) is 0 Å². The fourth-order valence-electron chi connectivity index (χ4n) is 1.27. The number of nitro benzene ring substituents is 1. The summed E-state index contributed by atoms with van der Waals surface area (Å²) in [6.45, 7) is 1.91. The maximum Gasteiger partial charge on any atom is 0.270 e. The van der Waals surface area contributed by atoms with Crippen molar-refractivity contribution in [1.82, 2.24) is 4.98 Å². The van der Waals surface area contributed by atoms with E-state index in [2.05, 4.69) is 4.98 Å². The lowest BCUT2D eigenvalue weighted by Gasteiger charge is -1.96. The zero-order valence-corrected chi connectivity index (χ0v) is 10.9. The first-order chi connectivity index (χ1) is 7.16. The molecule has 2 rings (SSSR count). The van der Waals surface area contributed by atoms with Gasteiger partial charge in [-0.3, -0.25) is 10.1 Å². The van der Waals surface area contributed by atoms with Gasteiger partial charge in [0, 0.05) is 23.1 Å². The number of nitrogens with zero attached hydrogens (tertiary/aromatic N) is 2. The molecular weight excluding hydrogens is 292 g/mol. The summed E-state index contributed by atoms with van der Waals surface area (Å²) in [4.78, 5) is 14.5. The van der Waals surface area contributed by atoms with Crippen molar-refractivity contribution in [3.63, 3.8) is 0 Å². The molecule has 0 aliphatic carbocycles. The van der Waals surface area contributed by atoms with Crippen molar-refractivity contribution in [3.05, 3.63) is 44.8 Å². The van der Waals surface area contributed by atoms with Crippen LogP contribution < -0.4 is 0 Å². The number of non-ortho nitro benzene ring substituents is 1. The molecule has 0 bridgehead atoms. The van der Waals surface area contributed by atoms with E-state index in [0.717, 1.165) is 16.3 Å². The molecule has 0 N–H and O–H groups in total. The molecule has 0 saturated carbocycles. The van der Waals surface area contributed by atoms with Crippen molar-refractivity contribution in [3.8, 4) is 11.3 Å². The Morgan fingerprint density at radius 3 is 2.75 bits per heavy atom. The number of hydrogen-bond acceptors (Lipinski definition) is 4. The van der Waals surface area contributed by atoms with E-state index in [0.29, 0.717) is 0 Å². The second-order valence-corrected chi connectivity index (χ2v) is 4.12. The van der Waals surface area contributed by atoms with Crippen LogP contribution in [0.3, 0.4) is 0 Å². The van der Waals surface area contributed by atoms with Gasteiger partial charge in [0.15, 0.2) is 0 Å². The van der Waals surface area contributed by atoms with Crippen LogP contribution in [0.15, 0.2) is 29.6 Å². The van der Waals surface area contributed by atoms with Crippen LogP contribution in [0.2, 0.25) is 0 Å². The number of aryl methyl sites for hydroxylation is 1. The van der Waals surface area contributed by atoms with Gasteiger partial charge in [0.05, 0.1) is 15.6 Å². The van der Waals surface area contributed by atoms with E-state index in [1.807, 2.05) is 18.4 Å². The number of thiazole rings is 1. The molecule has 1 aromatic heterocycles. The van der Waals surface area contributed by atoms with E-state index in [1.165, 1.54) is 23.5 Å². The minimum absolute atomic E-state index is 0. The Bertz CT molecular complexity index is 513. The molecule has 0 amide bonds. The van der Waals surface area contributed by atoms with E-state index >= 15 is 0 Å². The van der Waals surface area contributed by atoms with Crippen LogP contribution in [0.4, 0.5) is 5.69 Å². The van der Waals surface area contributed by atoms with Crippen molar-refractivity contribution in [2.75, 3.05) is 0 Å². The highest BCUT2D eigenvalue weighted by Crippen LogP contribution is 2.24. The number of nitro groups is 1. The fourth-order valence-corrected chi connectivity index (χ4v) is 1.90. The van der Waals surface area contributed by atoms with E-state index in [-0.39, 0.29) is 22.7 Å². The smallest absolute Gasteiger partial charge is 0.258 e. The molecule has 0 fully saturated rings. The third kappa shape index (κ3) is 2.65. The SMILES string of the molecule is Br.Cc1nc(-c2cccc([N+](=O)[O-])c2)cs1. The third-order valence-corrected chi connectivity index (χ3v) is 2.75. The summed E-state index contributed by atoms with van der Waals surface area (Å²) in [5.74, 6) is 0. The average Bonchev–Trinajstić information content (AvgIpc) is 2.65. The number of rotatable bonds is 2. The van der Waals surface area contributed by atoms with E-state index in [9.17, 15) is 10.1 Å². The molecule has 0 aliphatic heterocycles. The van der Waals surface area contributed by atoms with Crippen molar-refractivity contribution in [1.29, 1.82) is 0 Å². The van der Waals surface area contributed by atoms with Crippen molar-refractivity contribution in [2.45, 2.75) is 6.92 Å². The highest BCUT2D eigenvalue weighted by atomic mass is 79.9. The Morgan fingerprint density at radius 1 is 1.44 bits per heavy atom. The van der Waals surface area contributed by atoms with Gasteiger partial charge in [-0.2, -0.15) is 0 Å². The van der Waals surface area contributed by atoms with E-state index < -0.39 is 4.92 Å². The summed E-state index contributed by atoms with van der Waals surface area (Å²) in [6, 6.07) is 6.50. The van der Waals surface area contributed by atoms with Gasteiger partial charge >= 0.3 is 0 Å². The highest BCUT2D eigenvalue weighted by molar-refractivity contribution is 8.93. The zero-order chi connectivity index (χ0) is 10.8. The Morgan fingerprint density at radius 2 is 2.19 bits per heavy atom. The van der Waals surface area contributed by atoms with Crippen LogP contribution in [0.1, 0.15) is 5.01 Å². The van der Waals surface area contributed by atoms with Crippen molar-refractivity contribution in [2.24, 2.45) is 0 Å². The molecule has 0 unspecified atom stereocenters. The minimum Gasteiger partial charge on any atom is -0.258 e. The largest absolute Gasteiger partial charge is 0.270 e. The molecule has 2 aromatic rings. The summed E-state index contributed by atoms with van der Waals surface area (Å²) in [6.07, 6.45) is 0. The molecule has 1 aromatic carbocycles. The van der Waals surface area contributed by atoms with Crippen LogP contribution in [0.25, 0.3) is 11.3 Å². The monoisotopic (exact) mass is 300 g/mol. The van der Waals surface area contributed by atoms with Gasteiger partial charge in [-0.25, -0.2) is 4.98 Å². The fraction of sp³-hybridized carbons (Fsp3) is 0.100. The lowest BCUT2D eigenvalue weighted by Crippen LogP contribution is -1.88. The average molecular weight is 301 g/mol. The lowest BCUT2D eigenvalue weighted by atomic mass is 10.1. The van der Waals surface area contributed by atoms with Crippen LogP contribution >= 0.6 is 28.3 Å². The van der Waals surface area contributed by atoms with Gasteiger partial charge < -0.3 is 0 Å². The lowest BCUT2D eigenvalue weighted by molar-refractivity contribution is -0.384. The number of benzene rings is 1. The first-order valence-electron chi connectivity index (χ1n) is 4.34. The van der Waals surface area contributed by atoms with Gasteiger partial charge in [-0.1, -0.05) is 12.1 Å². The maximum absolute atomic E-state index is 10.6. The van der Waals surface area contributed by atoms with Crippen LogP contribution in [-0.4, -0.2) is 9.91 Å². The summed E-state index contributed by atoms with van der Waals surface area (Å²) >= 11 is 1.53. The van der Waals surface area contributed by atoms with E-state index in [1.54, 1.807) is 6.07 Å². The molecule has 0 aliphatic rings. The molecule has 16 heavy (non-hydrogen) atoms. The molecule has 1 heterocycles. The molecule has 0 atom stereocenters. The molecule has 0 radical (unpaired) electrons. The van der Waals surface area contributed by atoms with Gasteiger partial charge in [0.1, 0.15) is 0 Å². The highest BCUT2D eigenvalue weighted by Gasteiger charge is 2.08. The Labute approximate surface area is 107 Å². The molecular formula is C10H9BrN2O2S. The van der Waals surface area contributed by atoms with Crippen molar-refractivity contribution >= 4 is 34.0 Å². The summed E-state index contributed by atoms with van der Waals surface area (Å²) in [7, 11) is 0. The van der Waals surface area contributed by atoms with Crippen LogP contribution in [-0.2, 0) is 0 Å². The summed E-state index contributed by atoms with van der Waals surface area (Å²) < 4.78 is 0. The van der Waals surface area contributed by atoms with Gasteiger partial charge in [0.25, 0.3) is 5.69 Å². The quantitative estimate of drug-likeness (QED) is 0.629. The van der Waals surface area contributed by atoms with Gasteiger partial charge in [0.2, 0.25) is 0 Å². The first-order valence-corrected chi connectivity index (χ1v) is 5.22. The summed E-state index contributed by atoms with van der Waals surface area (Å²) in [5.41, 5.74) is 1.67. The standard InChI is InChI=1S/C10H8N2O2S.BrH/c1-7-11-10(6-15-7)8-3-2-4-9(5-8)12(13)14;/h2-6H,1H3;1H.